The zero-order valence-corrected chi connectivity index (χ0v) is 12.8. The number of carbonyl (C=O) groups excluding carboxylic acids is 1. The smallest absolute Gasteiger partial charge is 0.224 e. The summed E-state index contributed by atoms with van der Waals surface area (Å²) in [5.41, 5.74) is 0.832. The molecule has 0 spiro atoms. The minimum Gasteiger partial charge on any atom is -0.391 e. The normalized spacial score (nSPS) is 12.6. The van der Waals surface area contributed by atoms with E-state index in [9.17, 15) is 9.90 Å². The largest absolute Gasteiger partial charge is 0.391 e. The molecule has 1 aromatic rings. The van der Waals surface area contributed by atoms with Crippen LogP contribution in [0, 0.1) is 5.92 Å². The third kappa shape index (κ3) is 4.96. The third-order valence-corrected chi connectivity index (χ3v) is 3.65. The van der Waals surface area contributed by atoms with Gasteiger partial charge in [-0.3, -0.25) is 4.79 Å². The number of amides is 1. The van der Waals surface area contributed by atoms with Crippen LogP contribution in [0.3, 0.4) is 0 Å². The number of benzene rings is 1. The van der Waals surface area contributed by atoms with Crippen LogP contribution >= 0.6 is 27.5 Å². The van der Waals surface area contributed by atoms with Crippen LogP contribution in [0.2, 0.25) is 5.02 Å². The van der Waals surface area contributed by atoms with Crippen LogP contribution in [0.5, 0.6) is 0 Å². The predicted octanol–water partition coefficient (Wildman–Crippen LogP) is 2.78. The van der Waals surface area contributed by atoms with E-state index in [-0.39, 0.29) is 24.8 Å². The van der Waals surface area contributed by atoms with Crippen molar-refractivity contribution in [3.05, 3.63) is 33.3 Å². The summed E-state index contributed by atoms with van der Waals surface area (Å²) < 4.78 is 0.853. The fraction of sp³-hybridized carbons (Fsp3) is 0.462. The molecule has 1 amide bonds. The summed E-state index contributed by atoms with van der Waals surface area (Å²) in [6.45, 7) is 4.09. The quantitative estimate of drug-likeness (QED) is 0.870. The van der Waals surface area contributed by atoms with E-state index < -0.39 is 6.10 Å². The minimum absolute atomic E-state index is 0.127. The molecule has 1 rings (SSSR count). The van der Waals surface area contributed by atoms with E-state index in [1.165, 1.54) is 0 Å². The van der Waals surface area contributed by atoms with Gasteiger partial charge in [0.15, 0.2) is 0 Å². The zero-order chi connectivity index (χ0) is 13.7. The second-order valence-electron chi connectivity index (χ2n) is 4.53. The first kappa shape index (κ1) is 15.5. The molecule has 0 aromatic heterocycles. The lowest BCUT2D eigenvalue weighted by Crippen LogP contribution is -2.35. The Morgan fingerprint density at radius 2 is 2.17 bits per heavy atom. The standard InChI is InChI=1S/C13H17BrClNO2/c1-8(2)12(17)7-16-13(18)6-9-5-10(15)3-4-11(9)14/h3-5,8,12,17H,6-7H2,1-2H3,(H,16,18). The van der Waals surface area contributed by atoms with Gasteiger partial charge in [0.05, 0.1) is 12.5 Å². The van der Waals surface area contributed by atoms with Gasteiger partial charge in [0, 0.05) is 16.0 Å². The van der Waals surface area contributed by atoms with Gasteiger partial charge in [-0.15, -0.1) is 0 Å². The molecule has 0 bridgehead atoms. The van der Waals surface area contributed by atoms with Crippen molar-refractivity contribution in [2.24, 2.45) is 5.92 Å². The van der Waals surface area contributed by atoms with Gasteiger partial charge in [-0.1, -0.05) is 41.4 Å². The third-order valence-electron chi connectivity index (χ3n) is 2.64. The Balaban J connectivity index is 2.52. The van der Waals surface area contributed by atoms with Gasteiger partial charge in [-0.25, -0.2) is 0 Å². The average Bonchev–Trinajstić information content (AvgIpc) is 2.30. The van der Waals surface area contributed by atoms with Crippen LogP contribution in [-0.2, 0) is 11.2 Å². The second kappa shape index (κ2) is 7.12. The molecule has 0 radical (unpaired) electrons. The molecule has 0 aliphatic heterocycles. The van der Waals surface area contributed by atoms with Gasteiger partial charge in [0.1, 0.15) is 0 Å². The topological polar surface area (TPSA) is 49.3 Å². The summed E-state index contributed by atoms with van der Waals surface area (Å²) in [5, 5.41) is 12.9. The molecular weight excluding hydrogens is 318 g/mol. The number of aliphatic hydroxyl groups excluding tert-OH is 1. The summed E-state index contributed by atoms with van der Waals surface area (Å²) in [6, 6.07) is 5.33. The lowest BCUT2D eigenvalue weighted by Gasteiger charge is -2.15. The van der Waals surface area contributed by atoms with Gasteiger partial charge >= 0.3 is 0 Å². The first-order valence-electron chi connectivity index (χ1n) is 5.79. The molecule has 0 aliphatic rings. The molecule has 0 aliphatic carbocycles. The molecule has 0 fully saturated rings. The zero-order valence-electron chi connectivity index (χ0n) is 10.4. The molecule has 18 heavy (non-hydrogen) atoms. The first-order valence-corrected chi connectivity index (χ1v) is 6.96. The van der Waals surface area contributed by atoms with Crippen molar-refractivity contribution in [2.75, 3.05) is 6.54 Å². The molecule has 1 unspecified atom stereocenters. The van der Waals surface area contributed by atoms with Crippen LogP contribution in [-0.4, -0.2) is 23.7 Å². The van der Waals surface area contributed by atoms with E-state index >= 15 is 0 Å². The SMILES string of the molecule is CC(C)C(O)CNC(=O)Cc1cc(Cl)ccc1Br. The Labute approximate surface area is 121 Å². The Morgan fingerprint density at radius 3 is 2.78 bits per heavy atom. The molecule has 1 aromatic carbocycles. The highest BCUT2D eigenvalue weighted by Crippen LogP contribution is 2.21. The van der Waals surface area contributed by atoms with Crippen LogP contribution in [0.1, 0.15) is 19.4 Å². The van der Waals surface area contributed by atoms with Crippen molar-refractivity contribution in [3.8, 4) is 0 Å². The molecule has 0 heterocycles. The number of aliphatic hydroxyl groups is 1. The highest BCUT2D eigenvalue weighted by Gasteiger charge is 2.12. The number of hydrogen-bond donors (Lipinski definition) is 2. The number of halogens is 2. The maximum Gasteiger partial charge on any atom is 0.224 e. The fourth-order valence-electron chi connectivity index (χ4n) is 1.37. The van der Waals surface area contributed by atoms with Gasteiger partial charge in [0.25, 0.3) is 0 Å². The second-order valence-corrected chi connectivity index (χ2v) is 5.82. The summed E-state index contributed by atoms with van der Waals surface area (Å²) in [4.78, 5) is 11.7. The summed E-state index contributed by atoms with van der Waals surface area (Å²) in [6.07, 6.45) is -0.275. The summed E-state index contributed by atoms with van der Waals surface area (Å²) in [7, 11) is 0. The van der Waals surface area contributed by atoms with Crippen molar-refractivity contribution < 1.29 is 9.90 Å². The van der Waals surface area contributed by atoms with Crippen LogP contribution in [0.25, 0.3) is 0 Å². The van der Waals surface area contributed by atoms with E-state index in [0.29, 0.717) is 5.02 Å². The maximum absolute atomic E-state index is 11.7. The maximum atomic E-state index is 11.7. The summed E-state index contributed by atoms with van der Waals surface area (Å²) >= 11 is 9.25. The van der Waals surface area contributed by atoms with Crippen molar-refractivity contribution in [1.82, 2.24) is 5.32 Å². The Kier molecular flexibility index (Phi) is 6.12. The molecule has 2 N–H and O–H groups in total. The van der Waals surface area contributed by atoms with E-state index in [2.05, 4.69) is 21.2 Å². The highest BCUT2D eigenvalue weighted by molar-refractivity contribution is 9.10. The lowest BCUT2D eigenvalue weighted by atomic mass is 10.1. The predicted molar refractivity (Wildman–Crippen MR) is 76.7 cm³/mol. The molecule has 100 valence electrons. The van der Waals surface area contributed by atoms with Crippen LogP contribution in [0.4, 0.5) is 0 Å². The number of rotatable bonds is 5. The fourth-order valence-corrected chi connectivity index (χ4v) is 1.95. The van der Waals surface area contributed by atoms with Crippen molar-refractivity contribution in [2.45, 2.75) is 26.4 Å². The molecule has 5 heteroatoms. The number of hydrogen-bond acceptors (Lipinski definition) is 2. The number of nitrogens with one attached hydrogen (secondary N) is 1. The highest BCUT2D eigenvalue weighted by atomic mass is 79.9. The molecule has 0 saturated carbocycles. The minimum atomic E-state index is -0.517. The monoisotopic (exact) mass is 333 g/mol. The van der Waals surface area contributed by atoms with E-state index in [1.54, 1.807) is 12.1 Å². The van der Waals surface area contributed by atoms with Gasteiger partial charge in [-0.2, -0.15) is 0 Å². The molecular formula is C13H17BrClNO2. The molecule has 3 nitrogen and oxygen atoms in total. The molecule has 0 saturated heterocycles. The molecule has 1 atom stereocenters. The van der Waals surface area contributed by atoms with E-state index in [0.717, 1.165) is 10.0 Å². The summed E-state index contributed by atoms with van der Waals surface area (Å²) in [5.74, 6) is 0.000808. The van der Waals surface area contributed by atoms with E-state index in [1.807, 2.05) is 19.9 Å². The Morgan fingerprint density at radius 1 is 1.50 bits per heavy atom. The Hall–Kier alpha value is -0.580. The number of carbonyl (C=O) groups is 1. The van der Waals surface area contributed by atoms with Crippen molar-refractivity contribution in [3.63, 3.8) is 0 Å². The van der Waals surface area contributed by atoms with E-state index in [4.69, 9.17) is 11.6 Å². The van der Waals surface area contributed by atoms with Crippen LogP contribution in [0.15, 0.2) is 22.7 Å². The average molecular weight is 335 g/mol. The van der Waals surface area contributed by atoms with Crippen molar-refractivity contribution in [1.29, 1.82) is 0 Å². The first-order chi connectivity index (χ1) is 8.40. The van der Waals surface area contributed by atoms with Gasteiger partial charge < -0.3 is 10.4 Å². The lowest BCUT2D eigenvalue weighted by molar-refractivity contribution is -0.121. The van der Waals surface area contributed by atoms with Crippen molar-refractivity contribution >= 4 is 33.4 Å². The Bertz CT molecular complexity index is 423. The van der Waals surface area contributed by atoms with Crippen LogP contribution < -0.4 is 5.32 Å². The van der Waals surface area contributed by atoms with Gasteiger partial charge in [0.2, 0.25) is 5.91 Å². The van der Waals surface area contributed by atoms with Gasteiger partial charge in [-0.05, 0) is 29.7 Å².